The summed E-state index contributed by atoms with van der Waals surface area (Å²) in [5.41, 5.74) is 10.6. The fourth-order valence-electron chi connectivity index (χ4n) is 3.33. The lowest BCUT2D eigenvalue weighted by Crippen LogP contribution is -2.58. The number of benzene rings is 1. The first-order valence-electron chi connectivity index (χ1n) is 7.59. The van der Waals surface area contributed by atoms with Crippen molar-refractivity contribution in [3.05, 3.63) is 28.8 Å². The molecule has 24 heavy (non-hydrogen) atoms. The molecule has 5 nitrogen and oxygen atoms in total. The molecule has 1 aromatic rings. The van der Waals surface area contributed by atoms with Gasteiger partial charge in [0.1, 0.15) is 5.66 Å². The quantitative estimate of drug-likeness (QED) is 0.805. The van der Waals surface area contributed by atoms with Crippen molar-refractivity contribution in [1.29, 1.82) is 0 Å². The van der Waals surface area contributed by atoms with Crippen LogP contribution in [0.3, 0.4) is 0 Å². The molecule has 1 fully saturated rings. The molecule has 130 valence electrons. The van der Waals surface area contributed by atoms with E-state index < -0.39 is 17.4 Å². The Hall–Kier alpha value is -1.96. The molecular formula is C15H17ClF3N5. The Bertz CT molecular complexity index is 708. The first-order valence-corrected chi connectivity index (χ1v) is 7.97. The first kappa shape index (κ1) is 16.9. The van der Waals surface area contributed by atoms with Gasteiger partial charge in [0, 0.05) is 0 Å². The molecule has 0 unspecified atom stereocenters. The van der Waals surface area contributed by atoms with Crippen LogP contribution in [-0.4, -0.2) is 17.6 Å². The Kier molecular flexibility index (Phi) is 4.11. The summed E-state index contributed by atoms with van der Waals surface area (Å²) in [6, 6.07) is 3.18. The molecule has 1 aliphatic heterocycles. The van der Waals surface area contributed by atoms with E-state index in [1.165, 1.54) is 6.07 Å². The van der Waals surface area contributed by atoms with Gasteiger partial charge in [0.05, 0.1) is 16.3 Å². The first-order chi connectivity index (χ1) is 11.2. The number of aliphatic imine (C=N–C) groups is 2. The van der Waals surface area contributed by atoms with Gasteiger partial charge >= 0.3 is 6.18 Å². The second-order valence-electron chi connectivity index (χ2n) is 5.98. The topological polar surface area (TPSA) is 80.0 Å². The summed E-state index contributed by atoms with van der Waals surface area (Å²) >= 11 is 6.14. The van der Waals surface area contributed by atoms with Crippen molar-refractivity contribution < 1.29 is 13.2 Å². The van der Waals surface area contributed by atoms with E-state index in [-0.39, 0.29) is 16.9 Å². The van der Waals surface area contributed by atoms with E-state index in [9.17, 15) is 13.2 Å². The molecule has 3 rings (SSSR count). The second-order valence-corrected chi connectivity index (χ2v) is 6.39. The molecule has 1 spiro atoms. The number of guanidine groups is 2. The molecule has 1 aliphatic carbocycles. The molecule has 0 atom stereocenters. The Morgan fingerprint density at radius 3 is 2.38 bits per heavy atom. The third-order valence-electron chi connectivity index (χ3n) is 4.37. The molecule has 1 heterocycles. The number of nitrogens with zero attached hydrogens (tertiary/aromatic N) is 3. The van der Waals surface area contributed by atoms with Crippen molar-refractivity contribution in [3.63, 3.8) is 0 Å². The van der Waals surface area contributed by atoms with Crippen LogP contribution in [0.1, 0.15) is 37.7 Å². The Labute approximate surface area is 142 Å². The van der Waals surface area contributed by atoms with Crippen LogP contribution in [0.5, 0.6) is 0 Å². The zero-order valence-corrected chi connectivity index (χ0v) is 13.5. The average molecular weight is 360 g/mol. The second kappa shape index (κ2) is 5.84. The summed E-state index contributed by atoms with van der Waals surface area (Å²) in [6.07, 6.45) is -0.211. The predicted molar refractivity (Wildman–Crippen MR) is 88.0 cm³/mol. The van der Waals surface area contributed by atoms with Crippen molar-refractivity contribution in [2.75, 3.05) is 4.90 Å². The third kappa shape index (κ3) is 2.90. The van der Waals surface area contributed by atoms with Crippen molar-refractivity contribution in [3.8, 4) is 0 Å². The largest absolute Gasteiger partial charge is 0.416 e. The minimum absolute atomic E-state index is 0.0522. The molecule has 0 amide bonds. The molecular weight excluding hydrogens is 343 g/mol. The summed E-state index contributed by atoms with van der Waals surface area (Å²) in [5.74, 6) is 0.166. The lowest BCUT2D eigenvalue weighted by Gasteiger charge is -2.45. The maximum Gasteiger partial charge on any atom is 0.416 e. The van der Waals surface area contributed by atoms with E-state index >= 15 is 0 Å². The molecule has 1 saturated carbocycles. The fourth-order valence-corrected chi connectivity index (χ4v) is 3.60. The van der Waals surface area contributed by atoms with Crippen molar-refractivity contribution in [2.45, 2.75) is 43.9 Å². The fraction of sp³-hybridized carbons (Fsp3) is 0.467. The van der Waals surface area contributed by atoms with Gasteiger partial charge in [-0.15, -0.1) is 0 Å². The maximum absolute atomic E-state index is 12.9. The number of nitrogens with two attached hydrogens (primary N) is 2. The highest BCUT2D eigenvalue weighted by atomic mass is 35.5. The van der Waals surface area contributed by atoms with E-state index in [1.807, 2.05) is 0 Å². The minimum atomic E-state index is -4.46. The number of anilines is 1. The van der Waals surface area contributed by atoms with Crippen LogP contribution in [0.25, 0.3) is 0 Å². The van der Waals surface area contributed by atoms with Gasteiger partial charge in [-0.25, -0.2) is 4.99 Å². The normalized spacial score (nSPS) is 20.8. The van der Waals surface area contributed by atoms with E-state index in [2.05, 4.69) is 9.98 Å². The number of halogens is 4. The van der Waals surface area contributed by atoms with E-state index in [1.54, 1.807) is 4.90 Å². The SMILES string of the molecule is NC1=NC2(CCCCC2)N(c2ccc(C(F)(F)F)cc2Cl)C(N)=N1. The zero-order valence-electron chi connectivity index (χ0n) is 12.8. The number of hydrogen-bond donors (Lipinski definition) is 2. The van der Waals surface area contributed by atoms with Crippen LogP contribution in [-0.2, 0) is 6.18 Å². The summed E-state index contributed by atoms with van der Waals surface area (Å²) in [4.78, 5) is 10.1. The van der Waals surface area contributed by atoms with Crippen molar-refractivity contribution in [2.24, 2.45) is 21.5 Å². The van der Waals surface area contributed by atoms with Crippen LogP contribution >= 0.6 is 11.6 Å². The molecule has 2 aliphatic rings. The molecule has 1 aromatic carbocycles. The number of rotatable bonds is 1. The predicted octanol–water partition coefficient (Wildman–Crippen LogP) is 3.47. The van der Waals surface area contributed by atoms with Crippen molar-refractivity contribution >= 4 is 29.2 Å². The van der Waals surface area contributed by atoms with Gasteiger partial charge in [0.25, 0.3) is 0 Å². The van der Waals surface area contributed by atoms with Crippen LogP contribution in [0.15, 0.2) is 28.2 Å². The zero-order chi connectivity index (χ0) is 17.5. The maximum atomic E-state index is 12.9. The molecule has 4 N–H and O–H groups in total. The minimum Gasteiger partial charge on any atom is -0.369 e. The van der Waals surface area contributed by atoms with E-state index in [0.29, 0.717) is 18.5 Å². The summed E-state index contributed by atoms with van der Waals surface area (Å²) in [5, 5.41) is -0.0522. The Morgan fingerprint density at radius 1 is 1.12 bits per heavy atom. The smallest absolute Gasteiger partial charge is 0.369 e. The highest BCUT2D eigenvalue weighted by Crippen LogP contribution is 2.43. The molecule has 0 saturated heterocycles. The van der Waals surface area contributed by atoms with Gasteiger partial charge in [-0.2, -0.15) is 18.2 Å². The van der Waals surface area contributed by atoms with Crippen molar-refractivity contribution in [1.82, 2.24) is 0 Å². The van der Waals surface area contributed by atoms with Gasteiger partial charge < -0.3 is 11.5 Å². The Balaban J connectivity index is 2.07. The standard InChI is InChI=1S/C15H17ClF3N5/c16-10-8-9(15(17,18)19)4-5-11(10)24-13(21)22-12(20)23-14(24)6-2-1-3-7-14/h4-5,8H,1-3,6-7H2,(H4,20,21,22,23). The summed E-state index contributed by atoms with van der Waals surface area (Å²) < 4.78 is 38.6. The summed E-state index contributed by atoms with van der Waals surface area (Å²) in [6.45, 7) is 0. The van der Waals surface area contributed by atoms with Crippen LogP contribution in [0, 0.1) is 0 Å². The van der Waals surface area contributed by atoms with Crippen LogP contribution in [0.2, 0.25) is 5.02 Å². The molecule has 0 aromatic heterocycles. The van der Waals surface area contributed by atoms with E-state index in [0.717, 1.165) is 31.4 Å². The number of alkyl halides is 3. The average Bonchev–Trinajstić information content (AvgIpc) is 2.47. The molecule has 0 radical (unpaired) electrons. The van der Waals surface area contributed by atoms with Crippen LogP contribution < -0.4 is 16.4 Å². The lowest BCUT2D eigenvalue weighted by atomic mass is 9.87. The summed E-state index contributed by atoms with van der Waals surface area (Å²) in [7, 11) is 0. The molecule has 9 heteroatoms. The van der Waals surface area contributed by atoms with Gasteiger partial charge in [-0.1, -0.05) is 18.0 Å². The highest BCUT2D eigenvalue weighted by Gasteiger charge is 2.43. The van der Waals surface area contributed by atoms with E-state index in [4.69, 9.17) is 23.1 Å². The van der Waals surface area contributed by atoms with Gasteiger partial charge in [-0.05, 0) is 43.9 Å². The van der Waals surface area contributed by atoms with Gasteiger partial charge in [0.2, 0.25) is 11.9 Å². The third-order valence-corrected chi connectivity index (χ3v) is 4.67. The highest BCUT2D eigenvalue weighted by molar-refractivity contribution is 6.34. The van der Waals surface area contributed by atoms with Gasteiger partial charge in [-0.3, -0.25) is 4.90 Å². The molecule has 0 bridgehead atoms. The lowest BCUT2D eigenvalue weighted by molar-refractivity contribution is -0.137. The monoisotopic (exact) mass is 359 g/mol. The Morgan fingerprint density at radius 2 is 1.79 bits per heavy atom. The number of hydrogen-bond acceptors (Lipinski definition) is 5. The van der Waals surface area contributed by atoms with Gasteiger partial charge in [0.15, 0.2) is 0 Å². The van der Waals surface area contributed by atoms with Crippen LogP contribution in [0.4, 0.5) is 18.9 Å².